The molecule has 1 aromatic heterocycles. The van der Waals surface area contributed by atoms with Gasteiger partial charge in [-0.2, -0.15) is 0 Å². The molecule has 21 heavy (non-hydrogen) atoms. The molecule has 0 radical (unpaired) electrons. The van der Waals surface area contributed by atoms with Gasteiger partial charge >= 0.3 is 0 Å². The van der Waals surface area contributed by atoms with Gasteiger partial charge in [0.25, 0.3) is 0 Å². The summed E-state index contributed by atoms with van der Waals surface area (Å²) in [5.41, 5.74) is -0.519. The summed E-state index contributed by atoms with van der Waals surface area (Å²) in [7, 11) is 0. The van der Waals surface area contributed by atoms with Gasteiger partial charge in [0, 0.05) is 6.61 Å². The molecular formula is C17H24FNO2. The summed E-state index contributed by atoms with van der Waals surface area (Å²) in [6.07, 6.45) is 8.78. The molecule has 1 saturated heterocycles. The van der Waals surface area contributed by atoms with Crippen molar-refractivity contribution in [3.05, 3.63) is 29.8 Å². The molecule has 4 heteroatoms. The third-order valence-corrected chi connectivity index (χ3v) is 5.30. The molecule has 1 N–H and O–H groups in total. The standard InChI is InChI=1S/C17H24FNO2/c1-16(20,15-6-5-14(18)12-19-15)13-7-10-21-17(11-13)8-3-2-4-9-17/h5-6,12-13,20H,2-4,7-11H2,1H3. The zero-order valence-electron chi connectivity index (χ0n) is 12.6. The van der Waals surface area contributed by atoms with Gasteiger partial charge in [-0.05, 0) is 50.7 Å². The van der Waals surface area contributed by atoms with Gasteiger partial charge in [0.1, 0.15) is 11.4 Å². The maximum Gasteiger partial charge on any atom is 0.141 e. The summed E-state index contributed by atoms with van der Waals surface area (Å²) in [6.45, 7) is 2.50. The first-order chi connectivity index (χ1) is 10.0. The normalized spacial score (nSPS) is 28.2. The number of hydrogen-bond donors (Lipinski definition) is 1. The average Bonchev–Trinajstić information content (AvgIpc) is 2.48. The van der Waals surface area contributed by atoms with Crippen molar-refractivity contribution >= 4 is 0 Å². The molecule has 1 aromatic rings. The van der Waals surface area contributed by atoms with Crippen molar-refractivity contribution in [3.63, 3.8) is 0 Å². The lowest BCUT2D eigenvalue weighted by Crippen LogP contribution is -2.47. The minimum Gasteiger partial charge on any atom is -0.384 e. The van der Waals surface area contributed by atoms with Crippen LogP contribution in [0.5, 0.6) is 0 Å². The molecular weight excluding hydrogens is 269 g/mol. The van der Waals surface area contributed by atoms with Crippen LogP contribution >= 0.6 is 0 Å². The summed E-state index contributed by atoms with van der Waals surface area (Å²) in [5, 5.41) is 11.0. The Balaban J connectivity index is 1.79. The van der Waals surface area contributed by atoms with Gasteiger partial charge in [0.2, 0.25) is 0 Å². The fourth-order valence-electron chi connectivity index (χ4n) is 3.94. The second-order valence-electron chi connectivity index (χ2n) is 6.79. The molecule has 1 aliphatic carbocycles. The van der Waals surface area contributed by atoms with E-state index in [1.165, 1.54) is 31.5 Å². The topological polar surface area (TPSA) is 42.4 Å². The Kier molecular flexibility index (Phi) is 4.02. The second kappa shape index (κ2) is 5.65. The van der Waals surface area contributed by atoms with Crippen LogP contribution in [0.15, 0.2) is 18.3 Å². The summed E-state index contributed by atoms with van der Waals surface area (Å²) < 4.78 is 19.1. The van der Waals surface area contributed by atoms with Crippen LogP contribution in [0.1, 0.15) is 57.6 Å². The van der Waals surface area contributed by atoms with E-state index in [0.29, 0.717) is 12.3 Å². The zero-order chi connectivity index (χ0) is 14.9. The number of hydrogen-bond acceptors (Lipinski definition) is 3. The summed E-state index contributed by atoms with van der Waals surface area (Å²) in [4.78, 5) is 4.09. The van der Waals surface area contributed by atoms with E-state index in [1.54, 1.807) is 13.0 Å². The molecule has 1 saturated carbocycles. The maximum absolute atomic E-state index is 13.0. The van der Waals surface area contributed by atoms with Crippen LogP contribution in [-0.4, -0.2) is 22.3 Å². The van der Waals surface area contributed by atoms with Crippen LogP contribution in [0, 0.1) is 11.7 Å². The van der Waals surface area contributed by atoms with E-state index in [9.17, 15) is 9.50 Å². The van der Waals surface area contributed by atoms with Gasteiger partial charge in [-0.3, -0.25) is 4.98 Å². The quantitative estimate of drug-likeness (QED) is 0.906. The predicted octanol–water partition coefficient (Wildman–Crippen LogP) is 3.56. The highest BCUT2D eigenvalue weighted by Gasteiger charge is 2.45. The molecule has 0 bridgehead atoms. The van der Waals surface area contributed by atoms with Crippen LogP contribution < -0.4 is 0 Å². The van der Waals surface area contributed by atoms with Gasteiger partial charge in [0.05, 0.1) is 17.5 Å². The lowest BCUT2D eigenvalue weighted by molar-refractivity contribution is -0.155. The highest BCUT2D eigenvalue weighted by atomic mass is 19.1. The number of pyridine rings is 1. The minimum atomic E-state index is -1.03. The van der Waals surface area contributed by atoms with Crippen molar-refractivity contribution in [2.24, 2.45) is 5.92 Å². The Morgan fingerprint density at radius 3 is 2.76 bits per heavy atom. The van der Waals surface area contributed by atoms with Crippen molar-refractivity contribution in [2.75, 3.05) is 6.61 Å². The molecule has 1 aliphatic heterocycles. The zero-order valence-corrected chi connectivity index (χ0v) is 12.6. The molecule has 2 heterocycles. The fraction of sp³-hybridized carbons (Fsp3) is 0.706. The Hall–Kier alpha value is -1.00. The molecule has 1 spiro atoms. The van der Waals surface area contributed by atoms with Gasteiger partial charge in [-0.15, -0.1) is 0 Å². The number of halogens is 1. The lowest BCUT2D eigenvalue weighted by Gasteiger charge is -2.47. The molecule has 2 unspecified atom stereocenters. The number of rotatable bonds is 2. The highest BCUT2D eigenvalue weighted by Crippen LogP contribution is 2.45. The summed E-state index contributed by atoms with van der Waals surface area (Å²) >= 11 is 0. The van der Waals surface area contributed by atoms with Gasteiger partial charge in [-0.25, -0.2) is 4.39 Å². The Labute approximate surface area is 125 Å². The van der Waals surface area contributed by atoms with Crippen molar-refractivity contribution in [1.82, 2.24) is 4.98 Å². The Bertz CT molecular complexity index is 475. The number of aliphatic hydroxyl groups is 1. The van der Waals surface area contributed by atoms with Crippen molar-refractivity contribution < 1.29 is 14.2 Å². The number of ether oxygens (including phenoxy) is 1. The highest BCUT2D eigenvalue weighted by molar-refractivity contribution is 5.15. The number of aromatic nitrogens is 1. The molecule has 0 aromatic carbocycles. The minimum absolute atomic E-state index is 0.0504. The van der Waals surface area contributed by atoms with E-state index in [-0.39, 0.29) is 17.3 Å². The van der Waals surface area contributed by atoms with Crippen LogP contribution in [0.2, 0.25) is 0 Å². The lowest BCUT2D eigenvalue weighted by atomic mass is 9.70. The smallest absolute Gasteiger partial charge is 0.141 e. The third kappa shape index (κ3) is 2.97. The first-order valence-electron chi connectivity index (χ1n) is 8.00. The Morgan fingerprint density at radius 1 is 1.33 bits per heavy atom. The van der Waals surface area contributed by atoms with E-state index >= 15 is 0 Å². The Morgan fingerprint density at radius 2 is 2.10 bits per heavy atom. The first-order valence-corrected chi connectivity index (χ1v) is 8.00. The molecule has 3 nitrogen and oxygen atoms in total. The predicted molar refractivity (Wildman–Crippen MR) is 78.3 cm³/mol. The fourth-order valence-corrected chi connectivity index (χ4v) is 3.94. The van der Waals surface area contributed by atoms with E-state index in [2.05, 4.69) is 4.98 Å². The molecule has 2 aliphatic rings. The molecule has 116 valence electrons. The van der Waals surface area contributed by atoms with E-state index in [1.807, 2.05) is 0 Å². The van der Waals surface area contributed by atoms with Crippen LogP contribution in [0.4, 0.5) is 4.39 Å². The van der Waals surface area contributed by atoms with Gasteiger partial charge in [-0.1, -0.05) is 19.3 Å². The molecule has 0 amide bonds. The van der Waals surface area contributed by atoms with Crippen molar-refractivity contribution in [1.29, 1.82) is 0 Å². The monoisotopic (exact) mass is 293 g/mol. The first kappa shape index (κ1) is 14.9. The van der Waals surface area contributed by atoms with Gasteiger partial charge in [0.15, 0.2) is 0 Å². The van der Waals surface area contributed by atoms with E-state index in [4.69, 9.17) is 4.74 Å². The number of nitrogens with zero attached hydrogens (tertiary/aromatic N) is 1. The van der Waals surface area contributed by atoms with Crippen molar-refractivity contribution in [2.45, 2.75) is 63.1 Å². The maximum atomic E-state index is 13.0. The van der Waals surface area contributed by atoms with Crippen LogP contribution in [-0.2, 0) is 10.3 Å². The largest absolute Gasteiger partial charge is 0.384 e. The summed E-state index contributed by atoms with van der Waals surface area (Å²) in [6, 6.07) is 2.96. The average molecular weight is 293 g/mol. The summed E-state index contributed by atoms with van der Waals surface area (Å²) in [5.74, 6) is -0.257. The molecule has 2 atom stereocenters. The van der Waals surface area contributed by atoms with Crippen molar-refractivity contribution in [3.8, 4) is 0 Å². The second-order valence-corrected chi connectivity index (χ2v) is 6.79. The third-order valence-electron chi connectivity index (χ3n) is 5.30. The van der Waals surface area contributed by atoms with E-state index < -0.39 is 5.60 Å². The SMILES string of the molecule is CC(O)(c1ccc(F)cn1)C1CCOC2(CCCCC2)C1. The molecule has 2 fully saturated rings. The van der Waals surface area contributed by atoms with Crippen LogP contribution in [0.3, 0.4) is 0 Å². The van der Waals surface area contributed by atoms with Gasteiger partial charge < -0.3 is 9.84 Å². The molecule has 3 rings (SSSR count). The van der Waals surface area contributed by atoms with Crippen LogP contribution in [0.25, 0.3) is 0 Å². The van der Waals surface area contributed by atoms with E-state index in [0.717, 1.165) is 25.7 Å².